The van der Waals surface area contributed by atoms with Crippen LogP contribution in [0.3, 0.4) is 0 Å². The fourth-order valence-corrected chi connectivity index (χ4v) is 2.90. The van der Waals surface area contributed by atoms with Crippen LogP contribution in [0.2, 0.25) is 0 Å². The Morgan fingerprint density at radius 1 is 1.03 bits per heavy atom. The highest BCUT2D eigenvalue weighted by atomic mass is 16.5. The lowest BCUT2D eigenvalue weighted by Crippen LogP contribution is -2.16. The Kier molecular flexibility index (Phi) is 7.16. The molecule has 0 saturated carbocycles. The van der Waals surface area contributed by atoms with Crippen molar-refractivity contribution in [3.05, 3.63) is 77.6 Å². The van der Waals surface area contributed by atoms with Gasteiger partial charge in [-0.05, 0) is 62.6 Å². The van der Waals surface area contributed by atoms with E-state index >= 15 is 0 Å². The average Bonchev–Trinajstić information content (AvgIpc) is 2.73. The Hall–Kier alpha value is -3.41. The molecule has 3 rings (SSSR count). The number of ether oxygens (including phenoxy) is 1. The number of rotatable bonds is 9. The third kappa shape index (κ3) is 6.31. The number of anilines is 2. The van der Waals surface area contributed by atoms with Crippen LogP contribution in [0.4, 0.5) is 11.6 Å². The Morgan fingerprint density at radius 2 is 1.79 bits per heavy atom. The molecule has 0 aliphatic carbocycles. The first-order valence-electron chi connectivity index (χ1n) is 9.81. The van der Waals surface area contributed by atoms with Crippen molar-refractivity contribution in [3.63, 3.8) is 0 Å². The van der Waals surface area contributed by atoms with Gasteiger partial charge in [0.1, 0.15) is 11.4 Å². The summed E-state index contributed by atoms with van der Waals surface area (Å²) in [6, 6.07) is 19.3. The molecule has 150 valence electrons. The second kappa shape index (κ2) is 10.2. The predicted octanol–water partition coefficient (Wildman–Crippen LogP) is 4.48. The molecule has 2 N–H and O–H groups in total. The van der Waals surface area contributed by atoms with Crippen LogP contribution in [0.1, 0.15) is 35.1 Å². The lowest BCUT2D eigenvalue weighted by atomic mass is 10.1. The quantitative estimate of drug-likeness (QED) is 0.527. The van der Waals surface area contributed by atoms with Crippen molar-refractivity contribution in [2.75, 3.05) is 23.8 Å². The molecule has 1 amide bonds. The first kappa shape index (κ1) is 20.3. The number of hydrogen-bond acceptors (Lipinski definition) is 5. The van der Waals surface area contributed by atoms with Gasteiger partial charge in [0.05, 0.1) is 6.61 Å². The van der Waals surface area contributed by atoms with Crippen molar-refractivity contribution in [2.24, 2.45) is 0 Å². The molecule has 0 radical (unpaired) electrons. The Morgan fingerprint density at radius 3 is 2.52 bits per heavy atom. The van der Waals surface area contributed by atoms with E-state index in [1.54, 1.807) is 18.2 Å². The van der Waals surface area contributed by atoms with E-state index in [-0.39, 0.29) is 5.91 Å². The van der Waals surface area contributed by atoms with Crippen molar-refractivity contribution in [3.8, 4) is 5.75 Å². The van der Waals surface area contributed by atoms with Gasteiger partial charge in [-0.3, -0.25) is 4.79 Å². The molecule has 0 saturated heterocycles. The van der Waals surface area contributed by atoms with Crippen LogP contribution < -0.4 is 15.4 Å². The van der Waals surface area contributed by atoms with E-state index in [0.717, 1.165) is 30.8 Å². The van der Waals surface area contributed by atoms with Gasteiger partial charge >= 0.3 is 0 Å². The molecular weight excluding hydrogens is 364 g/mol. The normalized spacial score (nSPS) is 10.4. The molecule has 0 aliphatic rings. The smallest absolute Gasteiger partial charge is 0.274 e. The summed E-state index contributed by atoms with van der Waals surface area (Å²) in [7, 11) is 0. The Balaban J connectivity index is 1.56. The summed E-state index contributed by atoms with van der Waals surface area (Å²) in [5.74, 6) is 0.965. The maximum absolute atomic E-state index is 12.6. The highest BCUT2D eigenvalue weighted by Gasteiger charge is 2.11. The van der Waals surface area contributed by atoms with Gasteiger partial charge < -0.3 is 15.4 Å². The molecule has 3 aromatic rings. The highest BCUT2D eigenvalue weighted by Crippen LogP contribution is 2.16. The molecule has 6 nitrogen and oxygen atoms in total. The van der Waals surface area contributed by atoms with Crippen molar-refractivity contribution in [2.45, 2.75) is 26.7 Å². The van der Waals surface area contributed by atoms with E-state index in [1.807, 2.05) is 44.2 Å². The van der Waals surface area contributed by atoms with Crippen molar-refractivity contribution >= 4 is 17.5 Å². The van der Waals surface area contributed by atoms with Crippen molar-refractivity contribution in [1.29, 1.82) is 0 Å². The van der Waals surface area contributed by atoms with E-state index in [2.05, 4.69) is 32.7 Å². The molecular formula is C23H26N4O2. The summed E-state index contributed by atoms with van der Waals surface area (Å²) in [5.41, 5.74) is 3.06. The third-order valence-electron chi connectivity index (χ3n) is 4.28. The molecule has 0 aliphatic heterocycles. The largest absolute Gasteiger partial charge is 0.494 e. The van der Waals surface area contributed by atoms with Gasteiger partial charge in [0.2, 0.25) is 5.95 Å². The van der Waals surface area contributed by atoms with Crippen molar-refractivity contribution < 1.29 is 9.53 Å². The maximum atomic E-state index is 12.6. The number of carbonyl (C=O) groups excluding carboxylic acids is 1. The summed E-state index contributed by atoms with van der Waals surface area (Å²) in [6.07, 6.45) is 1.93. The topological polar surface area (TPSA) is 76.1 Å². The Bertz CT molecular complexity index is 927. The molecule has 1 heterocycles. The Labute approximate surface area is 171 Å². The first-order valence-corrected chi connectivity index (χ1v) is 9.81. The fraction of sp³-hybridized carbons (Fsp3) is 0.261. The van der Waals surface area contributed by atoms with E-state index in [1.165, 1.54) is 5.56 Å². The lowest BCUT2D eigenvalue weighted by molar-refractivity contribution is 0.102. The number of aryl methyl sites for hydroxylation is 2. The zero-order valence-electron chi connectivity index (χ0n) is 16.8. The highest BCUT2D eigenvalue weighted by molar-refractivity contribution is 6.03. The molecule has 0 spiro atoms. The van der Waals surface area contributed by atoms with Crippen LogP contribution in [0, 0.1) is 6.92 Å². The van der Waals surface area contributed by atoms with Crippen LogP contribution in [0.25, 0.3) is 0 Å². The van der Waals surface area contributed by atoms with Gasteiger partial charge in [0.25, 0.3) is 5.91 Å². The molecule has 0 fully saturated rings. The second-order valence-corrected chi connectivity index (χ2v) is 6.65. The summed E-state index contributed by atoms with van der Waals surface area (Å²) in [5, 5.41) is 6.08. The van der Waals surface area contributed by atoms with E-state index in [4.69, 9.17) is 4.74 Å². The average molecular weight is 390 g/mol. The standard InChI is InChI=1S/C23H26N4O2/c1-3-29-20-13-11-19(12-14-20)26-22(28)21-16-17(2)25-23(27-21)24-15-7-10-18-8-5-4-6-9-18/h4-6,8-9,11-14,16H,3,7,10,15H2,1-2H3,(H,26,28)(H,24,25,27). The first-order chi connectivity index (χ1) is 14.1. The molecule has 6 heteroatoms. The molecule has 0 unspecified atom stereocenters. The minimum atomic E-state index is -0.271. The van der Waals surface area contributed by atoms with Crippen LogP contribution in [0.5, 0.6) is 5.75 Å². The van der Waals surface area contributed by atoms with Crippen LogP contribution >= 0.6 is 0 Å². The third-order valence-corrected chi connectivity index (χ3v) is 4.28. The maximum Gasteiger partial charge on any atom is 0.274 e. The number of benzene rings is 2. The van der Waals surface area contributed by atoms with E-state index in [9.17, 15) is 4.79 Å². The van der Waals surface area contributed by atoms with E-state index < -0.39 is 0 Å². The number of carbonyl (C=O) groups is 1. The van der Waals surface area contributed by atoms with Crippen LogP contribution in [-0.4, -0.2) is 29.0 Å². The second-order valence-electron chi connectivity index (χ2n) is 6.65. The molecule has 1 aromatic heterocycles. The monoisotopic (exact) mass is 390 g/mol. The number of hydrogen-bond donors (Lipinski definition) is 2. The van der Waals surface area contributed by atoms with Gasteiger partial charge in [0, 0.05) is 17.9 Å². The zero-order chi connectivity index (χ0) is 20.5. The van der Waals surface area contributed by atoms with Gasteiger partial charge in [-0.1, -0.05) is 30.3 Å². The number of nitrogens with zero attached hydrogens (tertiary/aromatic N) is 2. The fourth-order valence-electron chi connectivity index (χ4n) is 2.90. The van der Waals surface area contributed by atoms with Gasteiger partial charge in [-0.2, -0.15) is 0 Å². The summed E-state index contributed by atoms with van der Waals surface area (Å²) in [4.78, 5) is 21.3. The minimum Gasteiger partial charge on any atom is -0.494 e. The minimum absolute atomic E-state index is 0.271. The number of amides is 1. The van der Waals surface area contributed by atoms with Gasteiger partial charge in [-0.25, -0.2) is 9.97 Å². The molecule has 2 aromatic carbocycles. The number of nitrogens with one attached hydrogen (secondary N) is 2. The summed E-state index contributed by atoms with van der Waals surface area (Å²) in [6.45, 7) is 5.12. The molecule has 29 heavy (non-hydrogen) atoms. The summed E-state index contributed by atoms with van der Waals surface area (Å²) < 4.78 is 5.42. The van der Waals surface area contributed by atoms with Crippen LogP contribution in [-0.2, 0) is 6.42 Å². The lowest BCUT2D eigenvalue weighted by Gasteiger charge is -2.10. The predicted molar refractivity (Wildman–Crippen MR) is 116 cm³/mol. The van der Waals surface area contributed by atoms with Gasteiger partial charge in [-0.15, -0.1) is 0 Å². The molecule has 0 bridgehead atoms. The van der Waals surface area contributed by atoms with E-state index in [0.29, 0.717) is 23.9 Å². The van der Waals surface area contributed by atoms with Crippen LogP contribution in [0.15, 0.2) is 60.7 Å². The van der Waals surface area contributed by atoms with Gasteiger partial charge in [0.15, 0.2) is 0 Å². The summed E-state index contributed by atoms with van der Waals surface area (Å²) >= 11 is 0. The SMILES string of the molecule is CCOc1ccc(NC(=O)c2cc(C)nc(NCCCc3ccccc3)n2)cc1. The number of aromatic nitrogens is 2. The van der Waals surface area contributed by atoms with Crippen molar-refractivity contribution in [1.82, 2.24) is 9.97 Å². The molecule has 0 atom stereocenters. The zero-order valence-corrected chi connectivity index (χ0v) is 16.8.